The van der Waals surface area contributed by atoms with E-state index in [9.17, 15) is 4.79 Å². The van der Waals surface area contributed by atoms with Gasteiger partial charge in [-0.3, -0.25) is 4.79 Å². The van der Waals surface area contributed by atoms with Crippen LogP contribution in [-0.4, -0.2) is 19.1 Å². The molecule has 1 fully saturated rings. The first-order valence-electron chi connectivity index (χ1n) is 7.02. The van der Waals surface area contributed by atoms with Crippen LogP contribution < -0.4 is 11.1 Å². The van der Waals surface area contributed by atoms with Gasteiger partial charge in [-0.2, -0.15) is 0 Å². The zero-order valence-corrected chi connectivity index (χ0v) is 11.0. The van der Waals surface area contributed by atoms with Gasteiger partial charge >= 0.3 is 0 Å². The normalized spacial score (nSPS) is 19.7. The first kappa shape index (κ1) is 12.6. The molecule has 0 radical (unpaired) electrons. The summed E-state index contributed by atoms with van der Waals surface area (Å²) in [4.78, 5) is 11.4. The quantitative estimate of drug-likeness (QED) is 0.851. The van der Waals surface area contributed by atoms with Crippen LogP contribution in [-0.2, 0) is 16.0 Å². The van der Waals surface area contributed by atoms with Crippen LogP contribution in [0.15, 0.2) is 18.2 Å². The van der Waals surface area contributed by atoms with Gasteiger partial charge in [0.15, 0.2) is 0 Å². The van der Waals surface area contributed by atoms with E-state index in [-0.39, 0.29) is 12.0 Å². The van der Waals surface area contributed by atoms with Crippen LogP contribution in [0.25, 0.3) is 0 Å². The zero-order valence-electron chi connectivity index (χ0n) is 11.0. The molecule has 1 aliphatic heterocycles. The van der Waals surface area contributed by atoms with E-state index in [1.807, 2.05) is 6.07 Å². The van der Waals surface area contributed by atoms with Gasteiger partial charge in [-0.05, 0) is 42.4 Å². The molecule has 1 unspecified atom stereocenters. The van der Waals surface area contributed by atoms with E-state index in [0.29, 0.717) is 25.5 Å². The number of ether oxygens (including phenoxy) is 1. The van der Waals surface area contributed by atoms with Crippen molar-refractivity contribution in [1.29, 1.82) is 0 Å². The standard InChI is InChI=1S/C15H20N2O2/c16-7-8-19-15(10-1-2-10)12-3-5-13-11(9-12)4-6-14(18)17-13/h3,5,9-10,15H,1-2,4,6-8,16H2,(H,17,18). The third-order valence-corrected chi connectivity index (χ3v) is 3.82. The van der Waals surface area contributed by atoms with Crippen LogP contribution in [0.3, 0.4) is 0 Å². The molecule has 1 saturated carbocycles. The molecule has 1 atom stereocenters. The largest absolute Gasteiger partial charge is 0.372 e. The number of benzene rings is 1. The Bertz CT molecular complexity index is 483. The minimum atomic E-state index is 0.110. The van der Waals surface area contributed by atoms with Crippen LogP contribution >= 0.6 is 0 Å². The summed E-state index contributed by atoms with van der Waals surface area (Å²) in [6.07, 6.45) is 4.05. The molecule has 0 saturated heterocycles. The third-order valence-electron chi connectivity index (χ3n) is 3.82. The SMILES string of the molecule is NCCOC(c1ccc2c(c1)CCC(=O)N2)C1CC1. The fourth-order valence-electron chi connectivity index (χ4n) is 2.68. The van der Waals surface area contributed by atoms with Gasteiger partial charge in [-0.1, -0.05) is 12.1 Å². The lowest BCUT2D eigenvalue weighted by Gasteiger charge is -2.22. The van der Waals surface area contributed by atoms with Crippen molar-refractivity contribution in [3.63, 3.8) is 0 Å². The maximum Gasteiger partial charge on any atom is 0.224 e. The highest BCUT2D eigenvalue weighted by Gasteiger charge is 2.33. The number of fused-ring (bicyclic) bond motifs is 1. The van der Waals surface area contributed by atoms with Crippen molar-refractivity contribution in [3.05, 3.63) is 29.3 Å². The van der Waals surface area contributed by atoms with Gasteiger partial charge in [0.25, 0.3) is 0 Å². The van der Waals surface area contributed by atoms with E-state index in [2.05, 4.69) is 17.4 Å². The molecule has 1 amide bonds. The van der Waals surface area contributed by atoms with E-state index in [0.717, 1.165) is 12.1 Å². The summed E-state index contributed by atoms with van der Waals surface area (Å²) >= 11 is 0. The topological polar surface area (TPSA) is 64.3 Å². The van der Waals surface area contributed by atoms with E-state index >= 15 is 0 Å². The Hall–Kier alpha value is -1.39. The first-order valence-corrected chi connectivity index (χ1v) is 7.02. The zero-order chi connectivity index (χ0) is 13.2. The van der Waals surface area contributed by atoms with Crippen molar-refractivity contribution in [3.8, 4) is 0 Å². The number of carbonyl (C=O) groups is 1. The van der Waals surface area contributed by atoms with Crippen molar-refractivity contribution in [2.24, 2.45) is 11.7 Å². The fraction of sp³-hybridized carbons (Fsp3) is 0.533. The molecule has 4 heteroatoms. The molecule has 3 rings (SSSR count). The molecule has 1 aromatic rings. The summed E-state index contributed by atoms with van der Waals surface area (Å²) < 4.78 is 5.90. The molecular formula is C15H20N2O2. The van der Waals surface area contributed by atoms with Crippen LogP contribution in [0.4, 0.5) is 5.69 Å². The number of hydrogen-bond donors (Lipinski definition) is 2. The molecule has 19 heavy (non-hydrogen) atoms. The van der Waals surface area contributed by atoms with Gasteiger partial charge < -0.3 is 15.8 Å². The summed E-state index contributed by atoms with van der Waals surface area (Å²) in [5, 5.41) is 2.91. The highest BCUT2D eigenvalue weighted by Crippen LogP contribution is 2.44. The number of anilines is 1. The van der Waals surface area contributed by atoms with Gasteiger partial charge in [0.2, 0.25) is 5.91 Å². The molecular weight excluding hydrogens is 240 g/mol. The summed E-state index contributed by atoms with van der Waals surface area (Å²) in [6, 6.07) is 6.27. The average molecular weight is 260 g/mol. The molecule has 102 valence electrons. The number of carbonyl (C=O) groups excluding carboxylic acids is 1. The van der Waals surface area contributed by atoms with Gasteiger partial charge in [-0.15, -0.1) is 0 Å². The maximum atomic E-state index is 11.4. The van der Waals surface area contributed by atoms with Crippen molar-refractivity contribution in [2.75, 3.05) is 18.5 Å². The molecule has 1 aromatic carbocycles. The number of amides is 1. The molecule has 4 nitrogen and oxygen atoms in total. The second-order valence-corrected chi connectivity index (χ2v) is 5.38. The second kappa shape index (κ2) is 5.31. The Morgan fingerprint density at radius 1 is 1.37 bits per heavy atom. The maximum absolute atomic E-state index is 11.4. The smallest absolute Gasteiger partial charge is 0.224 e. The second-order valence-electron chi connectivity index (χ2n) is 5.38. The number of rotatable bonds is 5. The van der Waals surface area contributed by atoms with E-state index in [4.69, 9.17) is 10.5 Å². The number of hydrogen-bond acceptors (Lipinski definition) is 3. The lowest BCUT2D eigenvalue weighted by Crippen LogP contribution is -2.20. The minimum absolute atomic E-state index is 0.110. The van der Waals surface area contributed by atoms with Crippen LogP contribution in [0.5, 0.6) is 0 Å². The van der Waals surface area contributed by atoms with E-state index in [1.165, 1.54) is 24.0 Å². The van der Waals surface area contributed by atoms with Crippen molar-refractivity contribution in [2.45, 2.75) is 31.8 Å². The van der Waals surface area contributed by atoms with Gasteiger partial charge in [0, 0.05) is 18.7 Å². The predicted octanol–water partition coefficient (Wildman–Crippen LogP) is 2.00. The highest BCUT2D eigenvalue weighted by atomic mass is 16.5. The number of nitrogens with one attached hydrogen (secondary N) is 1. The third kappa shape index (κ3) is 2.80. The first-order chi connectivity index (χ1) is 9.28. The van der Waals surface area contributed by atoms with Crippen molar-refractivity contribution in [1.82, 2.24) is 0 Å². The van der Waals surface area contributed by atoms with E-state index in [1.54, 1.807) is 0 Å². The van der Waals surface area contributed by atoms with Gasteiger partial charge in [-0.25, -0.2) is 0 Å². The fourth-order valence-corrected chi connectivity index (χ4v) is 2.68. The van der Waals surface area contributed by atoms with Crippen molar-refractivity contribution >= 4 is 11.6 Å². The Balaban J connectivity index is 1.81. The molecule has 0 aromatic heterocycles. The average Bonchev–Trinajstić information content (AvgIpc) is 3.24. The Labute approximate surface area is 113 Å². The number of nitrogens with two attached hydrogens (primary N) is 1. The molecule has 1 heterocycles. The monoisotopic (exact) mass is 260 g/mol. The predicted molar refractivity (Wildman–Crippen MR) is 73.9 cm³/mol. The molecule has 3 N–H and O–H groups in total. The van der Waals surface area contributed by atoms with Crippen molar-refractivity contribution < 1.29 is 9.53 Å². The number of aryl methyl sites for hydroxylation is 1. The molecule has 2 aliphatic rings. The summed E-state index contributed by atoms with van der Waals surface area (Å²) in [7, 11) is 0. The van der Waals surface area contributed by atoms with E-state index < -0.39 is 0 Å². The van der Waals surface area contributed by atoms with Gasteiger partial charge in [0.05, 0.1) is 12.7 Å². The molecule has 0 spiro atoms. The van der Waals surface area contributed by atoms with Crippen LogP contribution in [0, 0.1) is 5.92 Å². The minimum Gasteiger partial charge on any atom is -0.372 e. The summed E-state index contributed by atoms with van der Waals surface area (Å²) in [6.45, 7) is 1.17. The van der Waals surface area contributed by atoms with Crippen LogP contribution in [0.1, 0.15) is 36.5 Å². The highest BCUT2D eigenvalue weighted by molar-refractivity contribution is 5.93. The Morgan fingerprint density at radius 2 is 2.21 bits per heavy atom. The summed E-state index contributed by atoms with van der Waals surface area (Å²) in [5.74, 6) is 0.751. The molecule has 0 bridgehead atoms. The Morgan fingerprint density at radius 3 is 2.95 bits per heavy atom. The Kier molecular flexibility index (Phi) is 3.53. The lowest BCUT2D eigenvalue weighted by molar-refractivity contribution is -0.116. The van der Waals surface area contributed by atoms with Gasteiger partial charge in [0.1, 0.15) is 0 Å². The lowest BCUT2D eigenvalue weighted by atomic mass is 9.96. The summed E-state index contributed by atoms with van der Waals surface area (Å²) in [5.41, 5.74) is 8.93. The molecule has 1 aliphatic carbocycles. The van der Waals surface area contributed by atoms with Crippen LogP contribution in [0.2, 0.25) is 0 Å².